The topological polar surface area (TPSA) is 60.9 Å². The standard InChI is InChI=1S/C16H24N2O3/c1-4-13(3)18(12-15(19)20)16(21)17(5-2)11-14-9-7-6-8-10-14/h6-10,13H,4-5,11-12H2,1-3H3,(H,19,20). The molecule has 0 radical (unpaired) electrons. The highest BCUT2D eigenvalue weighted by molar-refractivity contribution is 5.80. The van der Waals surface area contributed by atoms with E-state index in [9.17, 15) is 9.59 Å². The maximum absolute atomic E-state index is 12.6. The van der Waals surface area contributed by atoms with E-state index in [2.05, 4.69) is 0 Å². The van der Waals surface area contributed by atoms with Crippen molar-refractivity contribution in [2.75, 3.05) is 13.1 Å². The van der Waals surface area contributed by atoms with Crippen LogP contribution in [0.25, 0.3) is 0 Å². The van der Waals surface area contributed by atoms with Crippen LogP contribution in [0.15, 0.2) is 30.3 Å². The molecule has 0 aliphatic carbocycles. The number of hydrogen-bond acceptors (Lipinski definition) is 2. The van der Waals surface area contributed by atoms with Gasteiger partial charge in [-0.15, -0.1) is 0 Å². The van der Waals surface area contributed by atoms with Crippen molar-refractivity contribution >= 4 is 12.0 Å². The van der Waals surface area contributed by atoms with Crippen LogP contribution in [0.3, 0.4) is 0 Å². The Morgan fingerprint density at radius 3 is 2.29 bits per heavy atom. The van der Waals surface area contributed by atoms with E-state index in [0.717, 1.165) is 12.0 Å². The van der Waals surface area contributed by atoms with Gasteiger partial charge in [-0.1, -0.05) is 37.3 Å². The predicted molar refractivity (Wildman–Crippen MR) is 82.0 cm³/mol. The lowest BCUT2D eigenvalue weighted by Gasteiger charge is -2.33. The molecule has 0 bridgehead atoms. The van der Waals surface area contributed by atoms with Crippen molar-refractivity contribution in [3.63, 3.8) is 0 Å². The molecule has 0 aromatic heterocycles. The number of urea groups is 1. The molecule has 0 saturated heterocycles. The molecule has 0 heterocycles. The number of carbonyl (C=O) groups is 2. The first kappa shape index (κ1) is 17.0. The number of hydrogen-bond donors (Lipinski definition) is 1. The minimum absolute atomic E-state index is 0.0987. The minimum atomic E-state index is -0.987. The zero-order chi connectivity index (χ0) is 15.8. The molecule has 5 heteroatoms. The molecule has 1 N–H and O–H groups in total. The molecule has 1 atom stereocenters. The van der Waals surface area contributed by atoms with Gasteiger partial charge in [-0.3, -0.25) is 4.79 Å². The van der Waals surface area contributed by atoms with Gasteiger partial charge in [-0.25, -0.2) is 4.79 Å². The van der Waals surface area contributed by atoms with E-state index in [1.807, 2.05) is 51.1 Å². The molecule has 0 fully saturated rings. The molecule has 2 amide bonds. The Balaban J connectivity index is 2.85. The van der Waals surface area contributed by atoms with Crippen molar-refractivity contribution in [3.8, 4) is 0 Å². The van der Waals surface area contributed by atoms with E-state index < -0.39 is 5.97 Å². The van der Waals surface area contributed by atoms with Crippen LogP contribution in [0, 0.1) is 0 Å². The molecular weight excluding hydrogens is 268 g/mol. The summed E-state index contributed by atoms with van der Waals surface area (Å²) >= 11 is 0. The smallest absolute Gasteiger partial charge is 0.323 e. The molecule has 1 unspecified atom stereocenters. The third-order valence-electron chi connectivity index (χ3n) is 3.54. The van der Waals surface area contributed by atoms with E-state index in [1.54, 1.807) is 4.90 Å². The van der Waals surface area contributed by atoms with Crippen LogP contribution >= 0.6 is 0 Å². The highest BCUT2D eigenvalue weighted by atomic mass is 16.4. The van der Waals surface area contributed by atoms with Crippen molar-refractivity contribution in [2.24, 2.45) is 0 Å². The van der Waals surface area contributed by atoms with Crippen LogP contribution in [0.5, 0.6) is 0 Å². The van der Waals surface area contributed by atoms with Crippen molar-refractivity contribution in [1.82, 2.24) is 9.80 Å². The molecule has 1 aromatic carbocycles. The zero-order valence-corrected chi connectivity index (χ0v) is 13.0. The molecule has 0 aliphatic heterocycles. The highest BCUT2D eigenvalue weighted by Gasteiger charge is 2.25. The van der Waals surface area contributed by atoms with Gasteiger partial charge in [-0.2, -0.15) is 0 Å². The lowest BCUT2D eigenvalue weighted by atomic mass is 10.2. The first-order valence-electron chi connectivity index (χ1n) is 7.30. The van der Waals surface area contributed by atoms with Crippen molar-refractivity contribution in [1.29, 1.82) is 0 Å². The molecule has 116 valence electrons. The second-order valence-corrected chi connectivity index (χ2v) is 5.06. The van der Waals surface area contributed by atoms with E-state index in [1.165, 1.54) is 4.90 Å². The van der Waals surface area contributed by atoms with Crippen LogP contribution < -0.4 is 0 Å². The van der Waals surface area contributed by atoms with E-state index in [-0.39, 0.29) is 18.6 Å². The van der Waals surface area contributed by atoms with Gasteiger partial charge in [-0.05, 0) is 25.8 Å². The Hall–Kier alpha value is -2.04. The monoisotopic (exact) mass is 292 g/mol. The van der Waals surface area contributed by atoms with Crippen LogP contribution in [-0.4, -0.2) is 46.0 Å². The van der Waals surface area contributed by atoms with Crippen LogP contribution in [0.2, 0.25) is 0 Å². The molecule has 21 heavy (non-hydrogen) atoms. The quantitative estimate of drug-likeness (QED) is 0.840. The molecular formula is C16H24N2O3. The summed E-state index contributed by atoms with van der Waals surface area (Å²) in [5.74, 6) is -0.987. The molecule has 5 nitrogen and oxygen atoms in total. The fraction of sp³-hybridized carbons (Fsp3) is 0.500. The Labute approximate surface area is 126 Å². The first-order valence-corrected chi connectivity index (χ1v) is 7.30. The van der Waals surface area contributed by atoms with E-state index in [4.69, 9.17) is 5.11 Å². The van der Waals surface area contributed by atoms with Gasteiger partial charge < -0.3 is 14.9 Å². The summed E-state index contributed by atoms with van der Waals surface area (Å²) in [5, 5.41) is 9.01. The number of benzene rings is 1. The molecule has 0 saturated carbocycles. The van der Waals surface area contributed by atoms with Gasteiger partial charge >= 0.3 is 12.0 Å². The molecule has 1 rings (SSSR count). The van der Waals surface area contributed by atoms with Crippen molar-refractivity contribution < 1.29 is 14.7 Å². The zero-order valence-electron chi connectivity index (χ0n) is 13.0. The average Bonchev–Trinajstić information content (AvgIpc) is 2.49. The summed E-state index contributed by atoms with van der Waals surface area (Å²) in [6, 6.07) is 9.38. The Kier molecular flexibility index (Phi) is 6.72. The van der Waals surface area contributed by atoms with Gasteiger partial charge in [0, 0.05) is 19.1 Å². The lowest BCUT2D eigenvalue weighted by molar-refractivity contribution is -0.138. The minimum Gasteiger partial charge on any atom is -0.480 e. The van der Waals surface area contributed by atoms with Gasteiger partial charge in [0.1, 0.15) is 6.54 Å². The summed E-state index contributed by atoms with van der Waals surface area (Å²) in [6.07, 6.45) is 0.724. The second-order valence-electron chi connectivity index (χ2n) is 5.06. The Bertz CT molecular complexity index is 462. The predicted octanol–water partition coefficient (Wildman–Crippen LogP) is 2.81. The number of aliphatic carboxylic acids is 1. The van der Waals surface area contributed by atoms with Crippen molar-refractivity contribution in [3.05, 3.63) is 35.9 Å². The third-order valence-corrected chi connectivity index (χ3v) is 3.54. The number of carboxylic acid groups (broad SMARTS) is 1. The van der Waals surface area contributed by atoms with Crippen LogP contribution in [0.1, 0.15) is 32.8 Å². The lowest BCUT2D eigenvalue weighted by Crippen LogP contribution is -2.48. The summed E-state index contributed by atoms with van der Waals surface area (Å²) in [5.41, 5.74) is 1.03. The fourth-order valence-electron chi connectivity index (χ4n) is 2.08. The van der Waals surface area contributed by atoms with Gasteiger partial charge in [0.05, 0.1) is 0 Å². The molecule has 0 spiro atoms. The number of carboxylic acids is 1. The summed E-state index contributed by atoms with van der Waals surface area (Å²) < 4.78 is 0. The fourth-order valence-corrected chi connectivity index (χ4v) is 2.08. The Morgan fingerprint density at radius 1 is 1.19 bits per heavy atom. The van der Waals surface area contributed by atoms with E-state index in [0.29, 0.717) is 13.1 Å². The summed E-state index contributed by atoms with van der Waals surface area (Å²) in [7, 11) is 0. The number of rotatable bonds is 7. The highest BCUT2D eigenvalue weighted by Crippen LogP contribution is 2.11. The van der Waals surface area contributed by atoms with Crippen molar-refractivity contribution in [2.45, 2.75) is 39.8 Å². The normalized spacial score (nSPS) is 11.8. The Morgan fingerprint density at radius 2 is 1.81 bits per heavy atom. The average molecular weight is 292 g/mol. The van der Waals surface area contributed by atoms with Gasteiger partial charge in [0.15, 0.2) is 0 Å². The third kappa shape index (κ3) is 5.10. The maximum Gasteiger partial charge on any atom is 0.323 e. The van der Waals surface area contributed by atoms with Gasteiger partial charge in [0.2, 0.25) is 0 Å². The second kappa shape index (κ2) is 8.29. The first-order chi connectivity index (χ1) is 9.99. The number of amides is 2. The molecule has 0 aliphatic rings. The summed E-state index contributed by atoms with van der Waals surface area (Å²) in [6.45, 7) is 6.48. The number of carbonyl (C=O) groups excluding carboxylic acids is 1. The number of nitrogens with zero attached hydrogens (tertiary/aromatic N) is 2. The van der Waals surface area contributed by atoms with E-state index >= 15 is 0 Å². The van der Waals surface area contributed by atoms with Crippen LogP contribution in [0.4, 0.5) is 4.79 Å². The summed E-state index contributed by atoms with van der Waals surface area (Å²) in [4.78, 5) is 26.7. The largest absolute Gasteiger partial charge is 0.480 e. The molecule has 1 aromatic rings. The van der Waals surface area contributed by atoms with Crippen LogP contribution in [-0.2, 0) is 11.3 Å². The maximum atomic E-state index is 12.6. The SMILES string of the molecule is CCC(C)N(CC(=O)O)C(=O)N(CC)Cc1ccccc1. The van der Waals surface area contributed by atoms with Gasteiger partial charge in [0.25, 0.3) is 0 Å².